The van der Waals surface area contributed by atoms with E-state index in [-0.39, 0.29) is 5.91 Å². The molecule has 0 fully saturated rings. The molecule has 0 saturated carbocycles. The van der Waals surface area contributed by atoms with Gasteiger partial charge < -0.3 is 4.90 Å². The standard InChI is InChI=1S/C9H13N3O/c1-12(2)8-5-3-4-7(6-8)9(13)11-10/h3-6H,10H2,1-2H3,(H,11,13). The zero-order chi connectivity index (χ0) is 9.84. The van der Waals surface area contributed by atoms with Gasteiger partial charge in [-0.05, 0) is 18.2 Å². The van der Waals surface area contributed by atoms with Gasteiger partial charge in [0.2, 0.25) is 0 Å². The van der Waals surface area contributed by atoms with Crippen LogP contribution in [0.4, 0.5) is 5.69 Å². The predicted octanol–water partition coefficient (Wildman–Crippen LogP) is 0.356. The SMILES string of the molecule is CN(C)c1cccc(C(=O)NN)c1. The van der Waals surface area contributed by atoms with Crippen molar-refractivity contribution in [3.05, 3.63) is 29.8 Å². The van der Waals surface area contributed by atoms with Crippen LogP contribution in [0.3, 0.4) is 0 Å². The molecule has 3 N–H and O–H groups in total. The minimum absolute atomic E-state index is 0.274. The highest BCUT2D eigenvalue weighted by atomic mass is 16.2. The van der Waals surface area contributed by atoms with Crippen molar-refractivity contribution in [3.63, 3.8) is 0 Å². The summed E-state index contributed by atoms with van der Waals surface area (Å²) in [5.74, 6) is 4.74. The van der Waals surface area contributed by atoms with Crippen LogP contribution in [0.25, 0.3) is 0 Å². The Kier molecular flexibility index (Phi) is 2.87. The van der Waals surface area contributed by atoms with Crippen LogP contribution in [0.1, 0.15) is 10.4 Å². The number of benzene rings is 1. The number of hydrazine groups is 1. The van der Waals surface area contributed by atoms with E-state index in [1.165, 1.54) is 0 Å². The lowest BCUT2D eigenvalue weighted by Gasteiger charge is -2.12. The number of hydrogen-bond donors (Lipinski definition) is 2. The maximum Gasteiger partial charge on any atom is 0.265 e. The molecule has 0 aromatic heterocycles. The van der Waals surface area contributed by atoms with Crippen LogP contribution in [0.5, 0.6) is 0 Å². The molecule has 0 heterocycles. The molecule has 0 unspecified atom stereocenters. The van der Waals surface area contributed by atoms with Crippen LogP contribution in [0, 0.1) is 0 Å². The van der Waals surface area contributed by atoms with Crippen molar-refractivity contribution >= 4 is 11.6 Å². The summed E-state index contributed by atoms with van der Waals surface area (Å²) in [5.41, 5.74) is 3.63. The molecule has 70 valence electrons. The van der Waals surface area contributed by atoms with E-state index in [0.717, 1.165) is 5.69 Å². The quantitative estimate of drug-likeness (QED) is 0.391. The Balaban J connectivity index is 2.98. The number of rotatable bonds is 2. The van der Waals surface area contributed by atoms with Gasteiger partial charge in [0.25, 0.3) is 5.91 Å². The third-order valence-corrected chi connectivity index (χ3v) is 1.76. The van der Waals surface area contributed by atoms with Crippen LogP contribution >= 0.6 is 0 Å². The van der Waals surface area contributed by atoms with Gasteiger partial charge in [-0.2, -0.15) is 0 Å². The van der Waals surface area contributed by atoms with Crippen molar-refractivity contribution < 1.29 is 4.79 Å². The van der Waals surface area contributed by atoms with Crippen LogP contribution in [0.15, 0.2) is 24.3 Å². The third kappa shape index (κ3) is 2.19. The summed E-state index contributed by atoms with van der Waals surface area (Å²) < 4.78 is 0. The number of anilines is 1. The number of nitrogen functional groups attached to an aromatic ring is 1. The van der Waals surface area contributed by atoms with Crippen molar-refractivity contribution in [1.82, 2.24) is 5.43 Å². The molecular formula is C9H13N3O. The van der Waals surface area contributed by atoms with Gasteiger partial charge in [-0.3, -0.25) is 10.2 Å². The highest BCUT2D eigenvalue weighted by molar-refractivity contribution is 5.94. The summed E-state index contributed by atoms with van der Waals surface area (Å²) >= 11 is 0. The summed E-state index contributed by atoms with van der Waals surface area (Å²) in [7, 11) is 3.83. The number of nitrogens with one attached hydrogen (secondary N) is 1. The van der Waals surface area contributed by atoms with Gasteiger partial charge >= 0.3 is 0 Å². The van der Waals surface area contributed by atoms with Crippen LogP contribution < -0.4 is 16.2 Å². The Hall–Kier alpha value is -1.55. The summed E-state index contributed by atoms with van der Waals surface area (Å²) in [5, 5.41) is 0. The lowest BCUT2D eigenvalue weighted by atomic mass is 10.2. The highest BCUT2D eigenvalue weighted by Crippen LogP contribution is 2.12. The van der Waals surface area contributed by atoms with E-state index in [9.17, 15) is 4.79 Å². The zero-order valence-electron chi connectivity index (χ0n) is 7.74. The molecule has 0 aliphatic carbocycles. The fourth-order valence-electron chi connectivity index (χ4n) is 1.01. The molecule has 0 aliphatic rings. The first kappa shape index (κ1) is 9.54. The minimum Gasteiger partial charge on any atom is -0.378 e. The average molecular weight is 179 g/mol. The molecule has 0 saturated heterocycles. The molecule has 1 rings (SSSR count). The van der Waals surface area contributed by atoms with Gasteiger partial charge in [-0.15, -0.1) is 0 Å². The molecule has 13 heavy (non-hydrogen) atoms. The maximum absolute atomic E-state index is 11.1. The molecule has 0 spiro atoms. The van der Waals surface area contributed by atoms with E-state index in [0.29, 0.717) is 5.56 Å². The fourth-order valence-corrected chi connectivity index (χ4v) is 1.01. The number of carbonyl (C=O) groups is 1. The monoisotopic (exact) mass is 179 g/mol. The van der Waals surface area contributed by atoms with Crippen molar-refractivity contribution in [1.29, 1.82) is 0 Å². The highest BCUT2D eigenvalue weighted by Gasteiger charge is 2.03. The normalized spacial score (nSPS) is 9.46. The van der Waals surface area contributed by atoms with Gasteiger partial charge in [-0.1, -0.05) is 6.07 Å². The fraction of sp³-hybridized carbons (Fsp3) is 0.222. The molecule has 4 heteroatoms. The first-order valence-electron chi connectivity index (χ1n) is 3.93. The summed E-state index contributed by atoms with van der Waals surface area (Å²) in [4.78, 5) is 13.1. The molecule has 0 aliphatic heterocycles. The Morgan fingerprint density at radius 2 is 2.15 bits per heavy atom. The van der Waals surface area contributed by atoms with Gasteiger partial charge in [0.05, 0.1) is 0 Å². The largest absolute Gasteiger partial charge is 0.378 e. The second-order valence-corrected chi connectivity index (χ2v) is 2.92. The van der Waals surface area contributed by atoms with Crippen LogP contribution in [-0.2, 0) is 0 Å². The van der Waals surface area contributed by atoms with E-state index in [2.05, 4.69) is 5.43 Å². The average Bonchev–Trinajstić information content (AvgIpc) is 2.17. The van der Waals surface area contributed by atoms with E-state index < -0.39 is 0 Å². The summed E-state index contributed by atoms with van der Waals surface area (Å²) in [6.45, 7) is 0. The first-order chi connectivity index (χ1) is 6.15. The topological polar surface area (TPSA) is 58.4 Å². The lowest BCUT2D eigenvalue weighted by molar-refractivity contribution is 0.0953. The molecule has 0 atom stereocenters. The van der Waals surface area contributed by atoms with Crippen molar-refractivity contribution in [3.8, 4) is 0 Å². The van der Waals surface area contributed by atoms with Crippen LogP contribution in [0.2, 0.25) is 0 Å². The van der Waals surface area contributed by atoms with E-state index in [4.69, 9.17) is 5.84 Å². The summed E-state index contributed by atoms with van der Waals surface area (Å²) in [6, 6.07) is 7.24. The summed E-state index contributed by atoms with van der Waals surface area (Å²) in [6.07, 6.45) is 0. The van der Waals surface area contributed by atoms with E-state index in [1.807, 2.05) is 31.1 Å². The molecule has 1 aromatic rings. The molecule has 1 amide bonds. The Morgan fingerprint density at radius 1 is 1.46 bits per heavy atom. The second-order valence-electron chi connectivity index (χ2n) is 2.92. The van der Waals surface area contributed by atoms with E-state index in [1.54, 1.807) is 12.1 Å². The van der Waals surface area contributed by atoms with Crippen molar-refractivity contribution in [2.45, 2.75) is 0 Å². The number of nitrogens with two attached hydrogens (primary N) is 1. The Labute approximate surface area is 77.3 Å². The molecule has 0 radical (unpaired) electrons. The van der Waals surface area contributed by atoms with Gasteiger partial charge in [0, 0.05) is 25.3 Å². The Morgan fingerprint density at radius 3 is 2.69 bits per heavy atom. The predicted molar refractivity (Wildman–Crippen MR) is 52.4 cm³/mol. The minimum atomic E-state index is -0.274. The van der Waals surface area contributed by atoms with Crippen LogP contribution in [-0.4, -0.2) is 20.0 Å². The molecular weight excluding hydrogens is 166 g/mol. The number of amides is 1. The van der Waals surface area contributed by atoms with E-state index >= 15 is 0 Å². The van der Waals surface area contributed by atoms with Gasteiger partial charge in [-0.25, -0.2) is 5.84 Å². The number of carbonyl (C=O) groups excluding carboxylic acids is 1. The van der Waals surface area contributed by atoms with Crippen molar-refractivity contribution in [2.24, 2.45) is 5.84 Å². The molecule has 4 nitrogen and oxygen atoms in total. The number of nitrogens with zero attached hydrogens (tertiary/aromatic N) is 1. The maximum atomic E-state index is 11.1. The first-order valence-corrected chi connectivity index (χ1v) is 3.93. The van der Waals surface area contributed by atoms with Gasteiger partial charge in [0.1, 0.15) is 0 Å². The second kappa shape index (κ2) is 3.91. The number of hydrogen-bond acceptors (Lipinski definition) is 3. The smallest absolute Gasteiger partial charge is 0.265 e. The van der Waals surface area contributed by atoms with Crippen molar-refractivity contribution in [2.75, 3.05) is 19.0 Å². The van der Waals surface area contributed by atoms with Gasteiger partial charge in [0.15, 0.2) is 0 Å². The molecule has 0 bridgehead atoms. The lowest BCUT2D eigenvalue weighted by Crippen LogP contribution is -2.30. The Bertz CT molecular complexity index is 309. The molecule has 1 aromatic carbocycles. The third-order valence-electron chi connectivity index (χ3n) is 1.76. The zero-order valence-corrected chi connectivity index (χ0v) is 7.74.